The zero-order chi connectivity index (χ0) is 38.8. The molecule has 0 aromatic heterocycles. The summed E-state index contributed by atoms with van der Waals surface area (Å²) in [4.78, 5) is -2.94. The Hall–Kier alpha value is -5.66. The molecule has 6 rings (SSSR count). The number of aromatic hydroxyl groups is 2. The van der Waals surface area contributed by atoms with Gasteiger partial charge in [-0.1, -0.05) is 6.07 Å². The monoisotopic (exact) mass is 803 g/mol. The van der Waals surface area contributed by atoms with Crippen LogP contribution in [0.25, 0.3) is 32.3 Å². The predicted octanol–water partition coefficient (Wildman–Crippen LogP) is 5.96. The van der Waals surface area contributed by atoms with Crippen LogP contribution in [-0.2, 0) is 40.5 Å². The Kier molecular flexibility index (Phi) is 8.95. The Balaban J connectivity index is 1.53. The van der Waals surface area contributed by atoms with Gasteiger partial charge in [0.15, 0.2) is 5.75 Å². The highest BCUT2D eigenvalue weighted by molar-refractivity contribution is 7.86. The summed E-state index contributed by atoms with van der Waals surface area (Å²) in [6.07, 6.45) is 0. The van der Waals surface area contributed by atoms with Gasteiger partial charge in [-0.2, -0.15) is 33.7 Å². The van der Waals surface area contributed by atoms with Crippen molar-refractivity contribution in [1.29, 1.82) is 0 Å². The van der Waals surface area contributed by atoms with Crippen molar-refractivity contribution >= 4 is 101 Å². The van der Waals surface area contributed by atoms with E-state index in [-0.39, 0.29) is 55.1 Å². The number of fused-ring (bicyclic) bond motifs is 3. The molecule has 19 nitrogen and oxygen atoms in total. The first-order valence-corrected chi connectivity index (χ1v) is 20.0. The lowest BCUT2D eigenvalue weighted by Gasteiger charge is -2.11. The quantitative estimate of drug-likeness (QED) is 0.0530. The maximum Gasteiger partial charge on any atom is 0.296 e. The lowest BCUT2D eigenvalue weighted by Crippen LogP contribution is -2.04. The van der Waals surface area contributed by atoms with E-state index in [2.05, 4.69) is 20.5 Å². The molecule has 0 fully saturated rings. The molecule has 274 valence electrons. The lowest BCUT2D eigenvalue weighted by molar-refractivity contribution is 0.472. The molecule has 0 bridgehead atoms. The number of hydrogen-bond acceptors (Lipinski definition) is 15. The van der Waals surface area contributed by atoms with E-state index in [9.17, 15) is 62.1 Å². The van der Waals surface area contributed by atoms with Crippen molar-refractivity contribution in [3.63, 3.8) is 0 Å². The number of benzene rings is 6. The molecule has 0 atom stereocenters. The number of nitrogens with two attached hydrogens (primary N) is 1. The number of azo groups is 2. The van der Waals surface area contributed by atoms with Crippen molar-refractivity contribution in [3.05, 3.63) is 78.9 Å². The van der Waals surface area contributed by atoms with Gasteiger partial charge in [-0.3, -0.25) is 18.2 Å². The van der Waals surface area contributed by atoms with Crippen molar-refractivity contribution in [2.45, 2.75) is 19.6 Å². The number of rotatable bonds is 8. The maximum absolute atomic E-state index is 12.3. The Morgan fingerprint density at radius 1 is 0.453 bits per heavy atom. The molecule has 6 aromatic carbocycles. The van der Waals surface area contributed by atoms with E-state index in [1.165, 1.54) is 36.4 Å². The van der Waals surface area contributed by atoms with Gasteiger partial charge >= 0.3 is 0 Å². The van der Waals surface area contributed by atoms with Crippen LogP contribution in [0.4, 0.5) is 28.4 Å². The zero-order valence-corrected chi connectivity index (χ0v) is 29.2. The van der Waals surface area contributed by atoms with Gasteiger partial charge < -0.3 is 15.9 Å². The fraction of sp³-hybridized carbons (Fsp3) is 0. The fourth-order valence-electron chi connectivity index (χ4n) is 5.29. The van der Waals surface area contributed by atoms with Crippen LogP contribution in [0.3, 0.4) is 0 Å². The first-order chi connectivity index (χ1) is 24.5. The molecule has 0 unspecified atom stereocenters. The first kappa shape index (κ1) is 37.1. The summed E-state index contributed by atoms with van der Waals surface area (Å²) in [6, 6.07) is 14.0. The van der Waals surface area contributed by atoms with E-state index in [4.69, 9.17) is 5.73 Å². The molecular weight excluding hydrogens is 783 g/mol. The minimum absolute atomic E-state index is 0.0000142. The van der Waals surface area contributed by atoms with Crippen LogP contribution in [0.1, 0.15) is 0 Å². The number of nitrogens with zero attached hydrogens (tertiary/aromatic N) is 4. The van der Waals surface area contributed by atoms with Gasteiger partial charge in [0.1, 0.15) is 21.2 Å². The second-order valence-corrected chi connectivity index (χ2v) is 16.7. The third-order valence-electron chi connectivity index (χ3n) is 7.74. The molecule has 0 aliphatic carbocycles. The lowest BCUT2D eigenvalue weighted by atomic mass is 10.1. The highest BCUT2D eigenvalue weighted by Crippen LogP contribution is 2.44. The maximum atomic E-state index is 12.3. The number of hydrogen-bond donors (Lipinski definition) is 7. The van der Waals surface area contributed by atoms with E-state index >= 15 is 0 Å². The molecule has 0 spiro atoms. The molecule has 0 heterocycles. The Morgan fingerprint density at radius 2 is 0.906 bits per heavy atom. The molecular formula is C30H21N5O14S4. The highest BCUT2D eigenvalue weighted by atomic mass is 32.2. The van der Waals surface area contributed by atoms with Crippen LogP contribution in [0.2, 0.25) is 0 Å². The third-order valence-corrected chi connectivity index (χ3v) is 11.2. The largest absolute Gasteiger partial charge is 0.507 e. The van der Waals surface area contributed by atoms with Crippen molar-refractivity contribution in [2.24, 2.45) is 20.5 Å². The van der Waals surface area contributed by atoms with Crippen LogP contribution in [0.15, 0.2) is 119 Å². The van der Waals surface area contributed by atoms with Gasteiger partial charge in [0.2, 0.25) is 0 Å². The minimum atomic E-state index is -5.19. The molecule has 0 radical (unpaired) electrons. The normalized spacial score (nSPS) is 13.2. The Bertz CT molecular complexity index is 3100. The molecule has 53 heavy (non-hydrogen) atoms. The standard InChI is InChI=1S/C30H21N5O14S4/c31-22-13-19-14(9-27(22)52(44,45)46)10-28(53(47,48)49)29(30(19)37)35-34-23-5-6-24(20-11-15(50(38,39)40)1-3-17(20)23)32-33-25-7-8-26(36)18-4-2-16(12-21(18)25)51(41,42)43/h1-13,36-37H,31H2,(H,38,39,40)(H,41,42,43)(H,44,45,46)(H,47,48,49). The van der Waals surface area contributed by atoms with Crippen LogP contribution in [0, 0.1) is 0 Å². The number of nitrogen functional groups attached to an aromatic ring is 1. The number of phenols is 2. The average molecular weight is 804 g/mol. The summed E-state index contributed by atoms with van der Waals surface area (Å²) in [7, 11) is -19.5. The third kappa shape index (κ3) is 7.22. The first-order valence-electron chi connectivity index (χ1n) is 14.2. The van der Waals surface area contributed by atoms with E-state index in [1.807, 2.05) is 0 Å². The van der Waals surface area contributed by atoms with E-state index in [1.54, 1.807) is 0 Å². The summed E-state index contributed by atoms with van der Waals surface area (Å²) in [6.45, 7) is 0. The second kappa shape index (κ2) is 12.8. The van der Waals surface area contributed by atoms with Crippen LogP contribution in [0.5, 0.6) is 11.5 Å². The smallest absolute Gasteiger partial charge is 0.296 e. The van der Waals surface area contributed by atoms with Gasteiger partial charge in [0.25, 0.3) is 40.5 Å². The molecule has 6 aromatic rings. The summed E-state index contributed by atoms with van der Waals surface area (Å²) in [5.41, 5.74) is 4.20. The van der Waals surface area contributed by atoms with E-state index < -0.39 is 77.2 Å². The van der Waals surface area contributed by atoms with Gasteiger partial charge in [0.05, 0.1) is 32.5 Å². The predicted molar refractivity (Wildman–Crippen MR) is 187 cm³/mol. The van der Waals surface area contributed by atoms with Gasteiger partial charge in [-0.05, 0) is 78.2 Å². The van der Waals surface area contributed by atoms with Crippen molar-refractivity contribution in [3.8, 4) is 11.5 Å². The number of anilines is 1. The summed E-state index contributed by atoms with van der Waals surface area (Å²) in [5.74, 6) is -1.17. The molecule has 23 heteroatoms. The molecule has 0 saturated heterocycles. The summed E-state index contributed by atoms with van der Waals surface area (Å²) < 4.78 is 134. The number of phenolic OH excluding ortho intramolecular Hbond substituents is 2. The van der Waals surface area contributed by atoms with Crippen molar-refractivity contribution in [1.82, 2.24) is 0 Å². The molecule has 8 N–H and O–H groups in total. The average Bonchev–Trinajstić information content (AvgIpc) is 3.05. The van der Waals surface area contributed by atoms with Crippen LogP contribution in [-0.4, -0.2) is 62.1 Å². The van der Waals surface area contributed by atoms with Crippen LogP contribution < -0.4 is 5.73 Å². The van der Waals surface area contributed by atoms with E-state index in [0.717, 1.165) is 42.5 Å². The van der Waals surface area contributed by atoms with E-state index in [0.29, 0.717) is 0 Å². The van der Waals surface area contributed by atoms with Crippen molar-refractivity contribution < 1.29 is 62.1 Å². The topological polar surface area (TPSA) is 333 Å². The van der Waals surface area contributed by atoms with Gasteiger partial charge in [-0.15, -0.1) is 20.5 Å². The highest BCUT2D eigenvalue weighted by Gasteiger charge is 2.25. The van der Waals surface area contributed by atoms with Gasteiger partial charge in [0, 0.05) is 26.9 Å². The zero-order valence-electron chi connectivity index (χ0n) is 26.0. The van der Waals surface area contributed by atoms with Crippen molar-refractivity contribution in [2.75, 3.05) is 5.73 Å². The molecule has 0 saturated carbocycles. The Labute approximate surface area is 298 Å². The summed E-state index contributed by atoms with van der Waals surface area (Å²) in [5, 5.41) is 37.1. The minimum Gasteiger partial charge on any atom is -0.507 e. The molecule has 0 amide bonds. The van der Waals surface area contributed by atoms with Crippen LogP contribution >= 0.6 is 0 Å². The second-order valence-electron chi connectivity index (χ2n) is 11.1. The van der Waals surface area contributed by atoms with Gasteiger partial charge in [-0.25, -0.2) is 0 Å². The fourth-order valence-corrected chi connectivity index (χ4v) is 7.60. The Morgan fingerprint density at radius 3 is 1.43 bits per heavy atom. The molecule has 0 aliphatic rings. The SMILES string of the molecule is Nc1cc2c(O)c(N=Nc3ccc(N=Nc4ccc(O)c5ccc(S(=O)(=O)O)cc45)c4cc(S(=O)(=O)O)ccc34)c(S(=O)(=O)O)cc2cc1S(=O)(=O)O. The molecule has 0 aliphatic heterocycles. The summed E-state index contributed by atoms with van der Waals surface area (Å²) >= 11 is 0.